The molecule has 0 saturated heterocycles. The van der Waals surface area contributed by atoms with Gasteiger partial charge in [-0.3, -0.25) is 0 Å². The van der Waals surface area contributed by atoms with Crippen LogP contribution in [0.3, 0.4) is 0 Å². The molecular weight excluding hydrogens is 242 g/mol. The van der Waals surface area contributed by atoms with Gasteiger partial charge in [0.2, 0.25) is 6.39 Å². The molecule has 17 heavy (non-hydrogen) atoms. The first-order chi connectivity index (χ1) is 8.29. The van der Waals surface area contributed by atoms with E-state index < -0.39 is 0 Å². The highest BCUT2D eigenvalue weighted by Gasteiger charge is 2.04. The third-order valence-corrected chi connectivity index (χ3v) is 2.48. The third kappa shape index (κ3) is 3.18. The first-order valence-electron chi connectivity index (χ1n) is 5.08. The van der Waals surface area contributed by atoms with Crippen LogP contribution in [0.2, 0.25) is 5.02 Å². The van der Waals surface area contributed by atoms with Crippen LogP contribution in [-0.4, -0.2) is 17.3 Å². The molecular formula is C11H12ClN3O2. The van der Waals surface area contributed by atoms with Crippen molar-refractivity contribution in [3.63, 3.8) is 0 Å². The number of halogens is 1. The first-order valence-corrected chi connectivity index (χ1v) is 5.46. The number of benzene rings is 1. The summed E-state index contributed by atoms with van der Waals surface area (Å²) in [5.74, 6) is 1.42. The van der Waals surface area contributed by atoms with Crippen LogP contribution in [-0.2, 0) is 13.1 Å². The molecule has 0 radical (unpaired) electrons. The van der Waals surface area contributed by atoms with Crippen LogP contribution in [0.1, 0.15) is 11.4 Å². The van der Waals surface area contributed by atoms with Gasteiger partial charge < -0.3 is 14.6 Å². The molecule has 0 aliphatic carbocycles. The maximum absolute atomic E-state index is 5.93. The largest absolute Gasteiger partial charge is 0.496 e. The summed E-state index contributed by atoms with van der Waals surface area (Å²) in [6, 6.07) is 5.50. The summed E-state index contributed by atoms with van der Waals surface area (Å²) in [5, 5.41) is 7.57. The van der Waals surface area contributed by atoms with E-state index in [-0.39, 0.29) is 0 Å². The smallest absolute Gasteiger partial charge is 0.213 e. The van der Waals surface area contributed by atoms with Crippen LogP contribution < -0.4 is 10.1 Å². The summed E-state index contributed by atoms with van der Waals surface area (Å²) in [5.41, 5.74) is 0.989. The van der Waals surface area contributed by atoms with E-state index in [0.717, 1.165) is 11.3 Å². The highest BCUT2D eigenvalue weighted by Crippen LogP contribution is 2.22. The molecule has 0 aliphatic heterocycles. The van der Waals surface area contributed by atoms with Gasteiger partial charge in [-0.05, 0) is 18.2 Å². The van der Waals surface area contributed by atoms with Gasteiger partial charge in [0.15, 0.2) is 5.82 Å². The number of hydrogen-bond acceptors (Lipinski definition) is 5. The Balaban J connectivity index is 1.96. The Bertz CT molecular complexity index is 474. The van der Waals surface area contributed by atoms with Crippen LogP contribution >= 0.6 is 11.6 Å². The quantitative estimate of drug-likeness (QED) is 0.883. The molecule has 6 heteroatoms. The molecule has 0 atom stereocenters. The van der Waals surface area contributed by atoms with Crippen molar-refractivity contribution < 1.29 is 9.26 Å². The molecule has 0 unspecified atom stereocenters. The molecule has 0 fully saturated rings. The van der Waals surface area contributed by atoms with Crippen molar-refractivity contribution in [1.29, 1.82) is 0 Å². The monoisotopic (exact) mass is 253 g/mol. The Morgan fingerprint density at radius 1 is 1.41 bits per heavy atom. The van der Waals surface area contributed by atoms with E-state index in [2.05, 4.69) is 20.0 Å². The second kappa shape index (κ2) is 5.65. The Kier molecular flexibility index (Phi) is 3.95. The summed E-state index contributed by atoms with van der Waals surface area (Å²) in [6.07, 6.45) is 1.30. The average molecular weight is 254 g/mol. The number of nitrogens with one attached hydrogen (secondary N) is 1. The molecule has 1 heterocycles. The minimum Gasteiger partial charge on any atom is -0.496 e. The lowest BCUT2D eigenvalue weighted by Gasteiger charge is -2.09. The molecule has 1 aromatic heterocycles. The van der Waals surface area contributed by atoms with Gasteiger partial charge in [0.05, 0.1) is 13.7 Å². The van der Waals surface area contributed by atoms with Gasteiger partial charge in [0.25, 0.3) is 0 Å². The van der Waals surface area contributed by atoms with Crippen LogP contribution in [0.4, 0.5) is 0 Å². The summed E-state index contributed by atoms with van der Waals surface area (Å²) in [6.45, 7) is 1.16. The van der Waals surface area contributed by atoms with Crippen molar-refractivity contribution in [3.8, 4) is 5.75 Å². The van der Waals surface area contributed by atoms with Crippen LogP contribution in [0.15, 0.2) is 29.1 Å². The first kappa shape index (κ1) is 11.9. The van der Waals surface area contributed by atoms with E-state index in [0.29, 0.717) is 23.9 Å². The van der Waals surface area contributed by atoms with Gasteiger partial charge >= 0.3 is 0 Å². The van der Waals surface area contributed by atoms with E-state index in [1.165, 1.54) is 6.39 Å². The number of methoxy groups -OCH3 is 1. The van der Waals surface area contributed by atoms with Crippen molar-refractivity contribution in [2.24, 2.45) is 0 Å². The molecule has 90 valence electrons. The molecule has 2 aromatic rings. The zero-order valence-electron chi connectivity index (χ0n) is 9.31. The van der Waals surface area contributed by atoms with E-state index in [4.69, 9.17) is 16.3 Å². The summed E-state index contributed by atoms with van der Waals surface area (Å²) < 4.78 is 9.87. The molecule has 1 aromatic carbocycles. The van der Waals surface area contributed by atoms with Gasteiger partial charge in [-0.15, -0.1) is 0 Å². The van der Waals surface area contributed by atoms with Gasteiger partial charge in [-0.2, -0.15) is 4.98 Å². The Labute approximate surface area is 104 Å². The maximum atomic E-state index is 5.93. The Morgan fingerprint density at radius 3 is 3.00 bits per heavy atom. The fourth-order valence-electron chi connectivity index (χ4n) is 1.46. The highest BCUT2D eigenvalue weighted by molar-refractivity contribution is 6.30. The van der Waals surface area contributed by atoms with Gasteiger partial charge in [-0.1, -0.05) is 16.8 Å². The number of aromatic nitrogens is 2. The SMILES string of the molecule is COc1ccc(Cl)cc1CNCc1ncon1. The molecule has 2 rings (SSSR count). The molecule has 0 bridgehead atoms. The Hall–Kier alpha value is -1.59. The molecule has 0 amide bonds. The number of nitrogens with zero attached hydrogens (tertiary/aromatic N) is 2. The highest BCUT2D eigenvalue weighted by atomic mass is 35.5. The molecule has 0 spiro atoms. The predicted octanol–water partition coefficient (Wildman–Crippen LogP) is 2.02. The predicted molar refractivity (Wildman–Crippen MR) is 62.8 cm³/mol. The van der Waals surface area contributed by atoms with E-state index >= 15 is 0 Å². The lowest BCUT2D eigenvalue weighted by atomic mass is 10.2. The minimum atomic E-state index is 0.534. The zero-order valence-corrected chi connectivity index (χ0v) is 10.1. The Morgan fingerprint density at radius 2 is 2.29 bits per heavy atom. The summed E-state index contributed by atoms with van der Waals surface area (Å²) >= 11 is 5.93. The van der Waals surface area contributed by atoms with Crippen molar-refractivity contribution in [3.05, 3.63) is 41.0 Å². The van der Waals surface area contributed by atoms with E-state index in [1.54, 1.807) is 13.2 Å². The molecule has 0 aliphatic rings. The van der Waals surface area contributed by atoms with Crippen molar-refractivity contribution >= 4 is 11.6 Å². The van der Waals surface area contributed by atoms with Crippen LogP contribution in [0.5, 0.6) is 5.75 Å². The maximum Gasteiger partial charge on any atom is 0.213 e. The lowest BCUT2D eigenvalue weighted by Crippen LogP contribution is -2.14. The fourth-order valence-corrected chi connectivity index (χ4v) is 1.66. The standard InChI is InChI=1S/C11H12ClN3O2/c1-16-10-3-2-9(12)4-8(10)5-13-6-11-14-7-17-15-11/h2-4,7,13H,5-6H2,1H3. The average Bonchev–Trinajstić information content (AvgIpc) is 2.82. The topological polar surface area (TPSA) is 60.2 Å². The normalized spacial score (nSPS) is 10.5. The van der Waals surface area contributed by atoms with Crippen molar-refractivity contribution in [1.82, 2.24) is 15.5 Å². The lowest BCUT2D eigenvalue weighted by molar-refractivity contribution is 0.403. The van der Waals surface area contributed by atoms with Crippen molar-refractivity contribution in [2.45, 2.75) is 13.1 Å². The molecule has 1 N–H and O–H groups in total. The van der Waals surface area contributed by atoms with Gasteiger partial charge in [0.1, 0.15) is 5.75 Å². The van der Waals surface area contributed by atoms with Crippen LogP contribution in [0.25, 0.3) is 0 Å². The fraction of sp³-hybridized carbons (Fsp3) is 0.273. The number of hydrogen-bond donors (Lipinski definition) is 1. The molecule has 5 nitrogen and oxygen atoms in total. The zero-order chi connectivity index (χ0) is 12.1. The number of rotatable bonds is 5. The second-order valence-electron chi connectivity index (χ2n) is 3.41. The third-order valence-electron chi connectivity index (χ3n) is 2.25. The summed E-state index contributed by atoms with van der Waals surface area (Å²) in [4.78, 5) is 3.91. The molecule has 0 saturated carbocycles. The van der Waals surface area contributed by atoms with E-state index in [9.17, 15) is 0 Å². The van der Waals surface area contributed by atoms with E-state index in [1.807, 2.05) is 12.1 Å². The number of ether oxygens (including phenoxy) is 1. The van der Waals surface area contributed by atoms with Crippen LogP contribution in [0, 0.1) is 0 Å². The summed E-state index contributed by atoms with van der Waals surface area (Å²) in [7, 11) is 1.63. The minimum absolute atomic E-state index is 0.534. The van der Waals surface area contributed by atoms with Gasteiger partial charge in [0, 0.05) is 17.1 Å². The van der Waals surface area contributed by atoms with Crippen molar-refractivity contribution in [2.75, 3.05) is 7.11 Å². The second-order valence-corrected chi connectivity index (χ2v) is 3.84. The van der Waals surface area contributed by atoms with Gasteiger partial charge in [-0.25, -0.2) is 0 Å².